The number of hydrogen-bond acceptors (Lipinski definition) is 1. The van der Waals surface area contributed by atoms with Gasteiger partial charge in [-0.05, 0) is 21.5 Å². The van der Waals surface area contributed by atoms with Crippen LogP contribution in [0.1, 0.15) is 9.39 Å². The first-order chi connectivity index (χ1) is 7.68. The van der Waals surface area contributed by atoms with Gasteiger partial charge in [0.05, 0.1) is 7.85 Å². The smallest absolute Gasteiger partial charge is 0.255 e. The maximum atomic E-state index is 11.7. The van der Waals surface area contributed by atoms with Crippen LogP contribution in [-0.4, -0.2) is 12.4 Å². The fourth-order valence-electron chi connectivity index (χ4n) is 1.46. The Morgan fingerprint density at radius 3 is 2.44 bits per heavy atom. The van der Waals surface area contributed by atoms with Gasteiger partial charge in [-0.2, -0.15) is 0 Å². The number of pyridine rings is 1. The van der Waals surface area contributed by atoms with Gasteiger partial charge in [0.2, 0.25) is 0 Å². The Labute approximate surface area is 109 Å². The standard InChI is InChI=1S/C12H9BINO/c13-12(14)9-6-7-11(16)15(8-9)10-4-2-1-3-5-10/h1-8,12H. The highest BCUT2D eigenvalue weighted by Crippen LogP contribution is 2.18. The Hall–Kier alpha value is -1.04. The Kier molecular flexibility index (Phi) is 3.48. The van der Waals surface area contributed by atoms with E-state index in [-0.39, 0.29) is 9.38 Å². The monoisotopic (exact) mass is 321 g/mol. The van der Waals surface area contributed by atoms with Crippen LogP contribution in [0.5, 0.6) is 0 Å². The van der Waals surface area contributed by atoms with E-state index in [2.05, 4.69) is 22.6 Å². The van der Waals surface area contributed by atoms with Crippen LogP contribution in [0, 0.1) is 0 Å². The number of benzene rings is 1. The summed E-state index contributed by atoms with van der Waals surface area (Å²) in [7, 11) is 5.78. The molecule has 0 aliphatic rings. The van der Waals surface area contributed by atoms with Crippen molar-refractivity contribution in [1.82, 2.24) is 4.57 Å². The molecule has 1 aromatic heterocycles. The van der Waals surface area contributed by atoms with E-state index in [1.54, 1.807) is 22.9 Å². The third kappa shape index (κ3) is 2.37. The van der Waals surface area contributed by atoms with E-state index in [0.29, 0.717) is 0 Å². The predicted octanol–water partition coefficient (Wildman–Crippen LogP) is 2.44. The van der Waals surface area contributed by atoms with E-state index in [9.17, 15) is 4.79 Å². The van der Waals surface area contributed by atoms with Crippen molar-refractivity contribution in [3.05, 3.63) is 64.6 Å². The summed E-state index contributed by atoms with van der Waals surface area (Å²) in [6.07, 6.45) is 1.79. The van der Waals surface area contributed by atoms with E-state index < -0.39 is 0 Å². The average molecular weight is 321 g/mol. The van der Waals surface area contributed by atoms with Crippen molar-refractivity contribution in [2.75, 3.05) is 0 Å². The highest BCUT2D eigenvalue weighted by Gasteiger charge is 2.04. The second kappa shape index (κ2) is 4.87. The molecule has 1 unspecified atom stereocenters. The molecule has 0 spiro atoms. The molecule has 0 saturated carbocycles. The molecule has 2 radical (unpaired) electrons. The zero-order valence-corrected chi connectivity index (χ0v) is 10.7. The number of aromatic nitrogens is 1. The SMILES string of the molecule is [B]C(I)c1ccc(=O)n(-c2ccccc2)c1. The Bertz CT molecular complexity index is 536. The van der Waals surface area contributed by atoms with Crippen molar-refractivity contribution < 1.29 is 0 Å². The molecule has 4 heteroatoms. The van der Waals surface area contributed by atoms with Crippen molar-refractivity contribution in [2.24, 2.45) is 0 Å². The lowest BCUT2D eigenvalue weighted by Gasteiger charge is -2.09. The van der Waals surface area contributed by atoms with Crippen molar-refractivity contribution in [1.29, 1.82) is 0 Å². The van der Waals surface area contributed by atoms with Crippen LogP contribution in [0.2, 0.25) is 0 Å². The van der Waals surface area contributed by atoms with E-state index in [1.807, 2.05) is 30.3 Å². The molecule has 0 saturated heterocycles. The summed E-state index contributed by atoms with van der Waals surface area (Å²) in [4.78, 5) is 11.7. The molecular formula is C12H9BINO. The molecule has 1 atom stereocenters. The maximum Gasteiger partial charge on any atom is 0.255 e. The van der Waals surface area contributed by atoms with Gasteiger partial charge in [-0.1, -0.05) is 46.9 Å². The van der Waals surface area contributed by atoms with E-state index in [4.69, 9.17) is 7.85 Å². The molecule has 0 aliphatic heterocycles. The second-order valence-corrected chi connectivity index (χ2v) is 4.75. The highest BCUT2D eigenvalue weighted by molar-refractivity contribution is 14.1. The van der Waals surface area contributed by atoms with Gasteiger partial charge < -0.3 is 0 Å². The molecule has 0 bridgehead atoms. The fourth-order valence-corrected chi connectivity index (χ4v) is 1.83. The maximum absolute atomic E-state index is 11.7. The van der Waals surface area contributed by atoms with Gasteiger partial charge >= 0.3 is 0 Å². The summed E-state index contributed by atoms with van der Waals surface area (Å²) in [6.45, 7) is 0. The van der Waals surface area contributed by atoms with Gasteiger partial charge in [-0.15, -0.1) is 0 Å². The summed E-state index contributed by atoms with van der Waals surface area (Å²) in [5.41, 5.74) is 1.74. The molecular weight excluding hydrogens is 312 g/mol. The Balaban J connectivity index is 2.56. The van der Waals surface area contributed by atoms with Crippen LogP contribution < -0.4 is 5.56 Å². The average Bonchev–Trinajstić information content (AvgIpc) is 2.30. The summed E-state index contributed by atoms with van der Waals surface area (Å²) < 4.78 is 1.50. The van der Waals surface area contributed by atoms with Gasteiger partial charge in [-0.25, -0.2) is 0 Å². The first-order valence-electron chi connectivity index (χ1n) is 4.86. The van der Waals surface area contributed by atoms with E-state index >= 15 is 0 Å². The lowest BCUT2D eigenvalue weighted by atomic mass is 9.98. The van der Waals surface area contributed by atoms with Crippen LogP contribution in [0.15, 0.2) is 53.5 Å². The lowest BCUT2D eigenvalue weighted by molar-refractivity contribution is 0.973. The third-order valence-electron chi connectivity index (χ3n) is 2.29. The normalized spacial score (nSPS) is 12.3. The van der Waals surface area contributed by atoms with E-state index in [0.717, 1.165) is 11.3 Å². The van der Waals surface area contributed by atoms with Crippen molar-refractivity contribution in [3.8, 4) is 5.69 Å². The van der Waals surface area contributed by atoms with Gasteiger partial charge in [0.15, 0.2) is 0 Å². The van der Waals surface area contributed by atoms with Gasteiger partial charge in [0.25, 0.3) is 5.56 Å². The molecule has 2 nitrogen and oxygen atoms in total. The van der Waals surface area contributed by atoms with Crippen molar-refractivity contribution in [3.63, 3.8) is 0 Å². The first kappa shape index (κ1) is 11.5. The quantitative estimate of drug-likeness (QED) is 0.473. The van der Waals surface area contributed by atoms with Crippen LogP contribution in [0.25, 0.3) is 5.69 Å². The van der Waals surface area contributed by atoms with Crippen LogP contribution in [0.4, 0.5) is 0 Å². The van der Waals surface area contributed by atoms with Crippen LogP contribution in [0.3, 0.4) is 0 Å². The Morgan fingerprint density at radius 2 is 1.81 bits per heavy atom. The summed E-state index contributed by atoms with van der Waals surface area (Å²) in [6, 6.07) is 12.8. The molecule has 0 amide bonds. The molecule has 16 heavy (non-hydrogen) atoms. The number of hydrogen-bond donors (Lipinski definition) is 0. The molecule has 1 heterocycles. The minimum absolute atomic E-state index is 0.0491. The Morgan fingerprint density at radius 1 is 1.12 bits per heavy atom. The fraction of sp³-hybridized carbons (Fsp3) is 0.0833. The topological polar surface area (TPSA) is 22.0 Å². The zero-order valence-electron chi connectivity index (χ0n) is 8.51. The predicted molar refractivity (Wildman–Crippen MR) is 74.6 cm³/mol. The molecule has 78 valence electrons. The van der Waals surface area contributed by atoms with Gasteiger partial charge in [0.1, 0.15) is 0 Å². The summed E-state index contributed by atoms with van der Waals surface area (Å²) >= 11 is 2.12. The number of nitrogens with zero attached hydrogens (tertiary/aromatic N) is 1. The molecule has 0 aliphatic carbocycles. The number of rotatable bonds is 2. The number of para-hydroxylation sites is 1. The van der Waals surface area contributed by atoms with E-state index in [1.165, 1.54) is 0 Å². The summed E-state index contributed by atoms with van der Waals surface area (Å²) in [5, 5.41) is 0. The lowest BCUT2D eigenvalue weighted by Crippen LogP contribution is -2.17. The minimum atomic E-state index is -0.104. The van der Waals surface area contributed by atoms with Crippen molar-refractivity contribution >= 4 is 30.4 Å². The molecule has 1 aromatic carbocycles. The largest absolute Gasteiger partial charge is 0.284 e. The third-order valence-corrected chi connectivity index (χ3v) is 3.01. The number of alkyl halides is 1. The first-order valence-corrected chi connectivity index (χ1v) is 6.11. The molecule has 2 aromatic rings. The zero-order chi connectivity index (χ0) is 11.5. The molecule has 0 N–H and O–H groups in total. The second-order valence-electron chi connectivity index (χ2n) is 3.41. The molecule has 0 fully saturated rings. The highest BCUT2D eigenvalue weighted by atomic mass is 127. The van der Waals surface area contributed by atoms with Crippen LogP contribution in [-0.2, 0) is 0 Å². The molecule has 2 rings (SSSR count). The van der Waals surface area contributed by atoms with Gasteiger partial charge in [0, 0.05) is 18.0 Å². The minimum Gasteiger partial charge on any atom is -0.284 e. The summed E-state index contributed by atoms with van der Waals surface area (Å²) in [5.74, 6) is 0. The number of halogens is 1. The van der Waals surface area contributed by atoms with Crippen LogP contribution >= 0.6 is 22.6 Å². The van der Waals surface area contributed by atoms with Crippen molar-refractivity contribution in [2.45, 2.75) is 3.82 Å². The van der Waals surface area contributed by atoms with Gasteiger partial charge in [-0.3, -0.25) is 9.36 Å².